The van der Waals surface area contributed by atoms with Gasteiger partial charge in [0.25, 0.3) is 0 Å². The van der Waals surface area contributed by atoms with Crippen LogP contribution in [0, 0.1) is 11.8 Å². The molecule has 0 aliphatic carbocycles. The number of alkyl halides is 12. The molecule has 0 aliphatic rings. The Balaban J connectivity index is 5.04. The second kappa shape index (κ2) is 7.27. The molecule has 0 radical (unpaired) electrons. The highest BCUT2D eigenvalue weighted by atomic mass is 19.4. The lowest BCUT2D eigenvalue weighted by Crippen LogP contribution is -2.40. The van der Waals surface area contributed by atoms with Gasteiger partial charge in [-0.25, -0.2) is 0 Å². The third-order valence-electron chi connectivity index (χ3n) is 2.55. The van der Waals surface area contributed by atoms with E-state index in [0.29, 0.717) is 0 Å². The summed E-state index contributed by atoms with van der Waals surface area (Å²) >= 11 is 0. The third-order valence-corrected chi connectivity index (χ3v) is 2.55. The van der Waals surface area contributed by atoms with Crippen LogP contribution in [0.5, 0.6) is 0 Å². The molecule has 0 aromatic rings. The van der Waals surface area contributed by atoms with Gasteiger partial charge in [-0.2, -0.15) is 52.7 Å². The molecule has 0 unspecified atom stereocenters. The van der Waals surface area contributed by atoms with E-state index in [-0.39, 0.29) is 0 Å². The maximum Gasteiger partial charge on any atom is 0.401 e. The lowest BCUT2D eigenvalue weighted by Gasteiger charge is -2.23. The predicted molar refractivity (Wildman–Crippen MR) is 51.5 cm³/mol. The van der Waals surface area contributed by atoms with Gasteiger partial charge in [0.2, 0.25) is 0 Å². The highest BCUT2D eigenvalue weighted by Gasteiger charge is 2.59. The van der Waals surface area contributed by atoms with Gasteiger partial charge < -0.3 is 4.74 Å². The minimum Gasteiger partial charge on any atom is -0.393 e. The molecule has 0 bridgehead atoms. The Morgan fingerprint density at radius 2 is 0.760 bits per heavy atom. The van der Waals surface area contributed by atoms with Crippen molar-refractivity contribution in [3.63, 3.8) is 0 Å². The maximum absolute atomic E-state index is 12.1. The first-order chi connectivity index (χ1) is 10.8. The lowest BCUT2D eigenvalue weighted by atomic mass is 10.0. The quantitative estimate of drug-likeness (QED) is 0.400. The molecule has 0 aromatic carbocycles. The van der Waals surface area contributed by atoms with Gasteiger partial charge in [0.15, 0.2) is 11.8 Å². The number of carbonyl (C=O) groups is 2. The van der Waals surface area contributed by atoms with Crippen molar-refractivity contribution in [3.05, 3.63) is 0 Å². The Labute approximate surface area is 129 Å². The van der Waals surface area contributed by atoms with Gasteiger partial charge in [-0.05, 0) is 0 Å². The van der Waals surface area contributed by atoms with Crippen molar-refractivity contribution in [2.75, 3.05) is 0 Å². The van der Waals surface area contributed by atoms with Crippen LogP contribution in [0.15, 0.2) is 0 Å². The van der Waals surface area contributed by atoms with Crippen molar-refractivity contribution in [1.82, 2.24) is 0 Å². The van der Waals surface area contributed by atoms with Crippen LogP contribution in [-0.2, 0) is 14.3 Å². The summed E-state index contributed by atoms with van der Waals surface area (Å²) in [6.07, 6.45) is -29.1. The van der Waals surface area contributed by atoms with Gasteiger partial charge in [0, 0.05) is 0 Å². The van der Waals surface area contributed by atoms with E-state index in [2.05, 4.69) is 4.74 Å². The molecule has 0 saturated carbocycles. The molecule has 0 aromatic heterocycles. The number of hydrogen-bond acceptors (Lipinski definition) is 3. The van der Waals surface area contributed by atoms with Crippen molar-refractivity contribution < 1.29 is 67.0 Å². The first kappa shape index (κ1) is 23.3. The van der Waals surface area contributed by atoms with Gasteiger partial charge in [0.1, 0.15) is 0 Å². The van der Waals surface area contributed by atoms with Gasteiger partial charge >= 0.3 is 36.6 Å². The predicted octanol–water partition coefficient (Wildman–Crippen LogP) is 4.32. The molecule has 3 nitrogen and oxygen atoms in total. The molecule has 0 aliphatic heterocycles. The number of esters is 2. The Morgan fingerprint density at radius 3 is 0.920 bits per heavy atom. The minimum absolute atomic E-state index is 2.54. The first-order valence-electron chi connectivity index (χ1n) is 5.76. The van der Waals surface area contributed by atoms with E-state index in [9.17, 15) is 62.3 Å². The third kappa shape index (κ3) is 7.81. The Kier molecular flexibility index (Phi) is 6.78. The summed E-state index contributed by atoms with van der Waals surface area (Å²) in [6.45, 7) is 0. The average Bonchev–Trinajstić information content (AvgIpc) is 2.27. The van der Waals surface area contributed by atoms with Crippen LogP contribution < -0.4 is 0 Å². The van der Waals surface area contributed by atoms with E-state index in [1.807, 2.05) is 0 Å². The summed E-state index contributed by atoms with van der Waals surface area (Å²) in [7, 11) is 0. The Hall–Kier alpha value is -1.70. The zero-order valence-corrected chi connectivity index (χ0v) is 11.3. The van der Waals surface area contributed by atoms with Crippen molar-refractivity contribution in [2.45, 2.75) is 37.5 Å². The molecule has 0 saturated heterocycles. The molecule has 148 valence electrons. The first-order valence-corrected chi connectivity index (χ1v) is 5.76. The van der Waals surface area contributed by atoms with Gasteiger partial charge in [-0.15, -0.1) is 0 Å². The molecule has 25 heavy (non-hydrogen) atoms. The van der Waals surface area contributed by atoms with Gasteiger partial charge in [0.05, 0.1) is 12.8 Å². The summed E-state index contributed by atoms with van der Waals surface area (Å²) in [4.78, 5) is 21.7. The topological polar surface area (TPSA) is 43.4 Å². The number of carbonyl (C=O) groups excluding carboxylic acids is 2. The molecule has 0 N–H and O–H groups in total. The summed E-state index contributed by atoms with van der Waals surface area (Å²) < 4.78 is 149. The normalized spacial score (nSPS) is 14.2. The molecule has 0 rings (SSSR count). The Morgan fingerprint density at radius 1 is 0.560 bits per heavy atom. The van der Waals surface area contributed by atoms with Crippen LogP contribution >= 0.6 is 0 Å². The fourth-order valence-corrected chi connectivity index (χ4v) is 1.38. The zero-order chi connectivity index (χ0) is 20.4. The highest BCUT2D eigenvalue weighted by Crippen LogP contribution is 2.43. The van der Waals surface area contributed by atoms with Crippen molar-refractivity contribution in [1.29, 1.82) is 0 Å². The molecule has 0 heterocycles. The molecule has 0 spiro atoms. The van der Waals surface area contributed by atoms with Crippen LogP contribution in [-0.4, -0.2) is 36.6 Å². The standard InChI is InChI=1S/C10H6F12O3/c11-7(12,13)3(8(14,15)16)1-5(23)25-6(24)2-4(9(17,18)19)10(20,21)22/h3-4H,1-2H2. The second-order valence-electron chi connectivity index (χ2n) is 4.53. The van der Waals surface area contributed by atoms with E-state index in [1.165, 1.54) is 0 Å². The number of hydrogen-bond donors (Lipinski definition) is 0. The van der Waals surface area contributed by atoms with Crippen LogP contribution in [0.2, 0.25) is 0 Å². The van der Waals surface area contributed by atoms with Crippen LogP contribution in [0.25, 0.3) is 0 Å². The molecule has 0 amide bonds. The fourth-order valence-electron chi connectivity index (χ4n) is 1.38. The molecule has 15 heteroatoms. The summed E-state index contributed by atoms with van der Waals surface area (Å²) in [5.74, 6) is -13.8. The Bertz CT molecular complexity index is 411. The zero-order valence-electron chi connectivity index (χ0n) is 11.3. The molecular weight excluding hydrogens is 396 g/mol. The monoisotopic (exact) mass is 402 g/mol. The largest absolute Gasteiger partial charge is 0.401 e. The molecule has 0 atom stereocenters. The van der Waals surface area contributed by atoms with E-state index >= 15 is 0 Å². The summed E-state index contributed by atoms with van der Waals surface area (Å²) in [5.41, 5.74) is 0. The van der Waals surface area contributed by atoms with Crippen LogP contribution in [0.3, 0.4) is 0 Å². The van der Waals surface area contributed by atoms with Crippen LogP contribution in [0.4, 0.5) is 52.7 Å². The minimum atomic E-state index is -6.01. The van der Waals surface area contributed by atoms with Crippen LogP contribution in [0.1, 0.15) is 12.8 Å². The van der Waals surface area contributed by atoms with Gasteiger partial charge in [-0.3, -0.25) is 9.59 Å². The van der Waals surface area contributed by atoms with Crippen molar-refractivity contribution in [3.8, 4) is 0 Å². The van der Waals surface area contributed by atoms with E-state index in [0.717, 1.165) is 0 Å². The summed E-state index contributed by atoms with van der Waals surface area (Å²) in [6, 6.07) is 0. The maximum atomic E-state index is 12.1. The van der Waals surface area contributed by atoms with E-state index in [1.54, 1.807) is 0 Å². The SMILES string of the molecule is O=C(CC(C(F)(F)F)C(F)(F)F)OC(=O)CC(C(F)(F)F)C(F)(F)F. The second-order valence-corrected chi connectivity index (χ2v) is 4.53. The number of ether oxygens (including phenoxy) is 1. The van der Waals surface area contributed by atoms with Crippen molar-refractivity contribution in [2.24, 2.45) is 11.8 Å². The number of halogens is 12. The van der Waals surface area contributed by atoms with Gasteiger partial charge in [-0.1, -0.05) is 0 Å². The lowest BCUT2D eigenvalue weighted by molar-refractivity contribution is -0.286. The average molecular weight is 402 g/mol. The van der Waals surface area contributed by atoms with E-state index in [4.69, 9.17) is 0 Å². The molecular formula is C10H6F12O3. The number of rotatable bonds is 4. The smallest absolute Gasteiger partial charge is 0.393 e. The fraction of sp³-hybridized carbons (Fsp3) is 0.800. The molecule has 0 fully saturated rings. The summed E-state index contributed by atoms with van der Waals surface area (Å²) in [5, 5.41) is 0. The van der Waals surface area contributed by atoms with E-state index < -0.39 is 61.3 Å². The van der Waals surface area contributed by atoms with Crippen molar-refractivity contribution >= 4 is 11.9 Å². The highest BCUT2D eigenvalue weighted by molar-refractivity contribution is 5.85.